The third kappa shape index (κ3) is 3.64. The van der Waals surface area contributed by atoms with E-state index in [1.54, 1.807) is 5.56 Å². The Kier molecular flexibility index (Phi) is 5.22. The van der Waals surface area contributed by atoms with Crippen LogP contribution in [-0.4, -0.2) is 0 Å². The van der Waals surface area contributed by atoms with Crippen molar-refractivity contribution in [3.63, 3.8) is 0 Å². The monoisotopic (exact) mass is 543 g/mol. The number of benzene rings is 6. The summed E-state index contributed by atoms with van der Waals surface area (Å²) in [5, 5.41) is 12.3. The van der Waals surface area contributed by atoms with Crippen LogP contribution in [0, 0.1) is 0 Å². The molecule has 6 aromatic rings. The molecule has 2 atom stereocenters. The SMILES string of the molecule is C1=Cc2c(c(C3C=Cc4ccc5ccc6c(c5c4C3)SC(c3ccccc3)N6)cc3c2ccc2ccccc23)CC1. The van der Waals surface area contributed by atoms with E-state index >= 15 is 0 Å². The first-order valence-electron chi connectivity index (χ1n) is 14.7. The molecule has 0 aromatic heterocycles. The van der Waals surface area contributed by atoms with Crippen LogP contribution < -0.4 is 5.32 Å². The average Bonchev–Trinajstić information content (AvgIpc) is 3.49. The topological polar surface area (TPSA) is 12.0 Å². The second-order valence-corrected chi connectivity index (χ2v) is 12.7. The summed E-state index contributed by atoms with van der Waals surface area (Å²) in [5.41, 5.74) is 9.92. The number of allylic oxidation sites excluding steroid dienone is 2. The number of hydrogen-bond acceptors (Lipinski definition) is 2. The molecule has 2 unspecified atom stereocenters. The summed E-state index contributed by atoms with van der Waals surface area (Å²) < 4.78 is 0. The summed E-state index contributed by atoms with van der Waals surface area (Å²) in [6.45, 7) is 0. The molecule has 2 heteroatoms. The van der Waals surface area contributed by atoms with Crippen molar-refractivity contribution in [3.05, 3.63) is 143 Å². The number of fused-ring (bicyclic) bond motifs is 10. The van der Waals surface area contributed by atoms with Gasteiger partial charge in [0.05, 0.1) is 0 Å². The Bertz CT molecular complexity index is 2090. The van der Waals surface area contributed by atoms with Crippen molar-refractivity contribution in [2.45, 2.75) is 35.4 Å². The number of anilines is 1. The van der Waals surface area contributed by atoms with Gasteiger partial charge in [0, 0.05) is 21.9 Å². The molecule has 1 N–H and O–H groups in total. The van der Waals surface area contributed by atoms with Crippen molar-refractivity contribution in [1.29, 1.82) is 0 Å². The summed E-state index contributed by atoms with van der Waals surface area (Å²) in [6, 6.07) is 36.0. The van der Waals surface area contributed by atoms with Crippen molar-refractivity contribution in [2.24, 2.45) is 0 Å². The van der Waals surface area contributed by atoms with Gasteiger partial charge in [-0.1, -0.05) is 121 Å². The molecule has 0 fully saturated rings. The Morgan fingerprint density at radius 2 is 1.56 bits per heavy atom. The predicted octanol–water partition coefficient (Wildman–Crippen LogP) is 10.7. The third-order valence-electron chi connectivity index (χ3n) is 9.32. The highest BCUT2D eigenvalue weighted by molar-refractivity contribution is 8.00. The van der Waals surface area contributed by atoms with E-state index in [2.05, 4.69) is 127 Å². The van der Waals surface area contributed by atoms with Crippen molar-refractivity contribution >= 4 is 61.9 Å². The van der Waals surface area contributed by atoms with E-state index in [1.165, 1.54) is 70.7 Å². The summed E-state index contributed by atoms with van der Waals surface area (Å²) in [5.74, 6) is 0.358. The minimum atomic E-state index is 0.246. The molecule has 6 aromatic carbocycles. The van der Waals surface area contributed by atoms with Gasteiger partial charge in [-0.3, -0.25) is 0 Å². The largest absolute Gasteiger partial charge is 0.368 e. The van der Waals surface area contributed by atoms with E-state index in [0.29, 0.717) is 5.92 Å². The molecule has 2 aliphatic carbocycles. The lowest BCUT2D eigenvalue weighted by atomic mass is 9.77. The summed E-state index contributed by atoms with van der Waals surface area (Å²) in [4.78, 5) is 1.40. The maximum atomic E-state index is 3.81. The molecule has 0 saturated heterocycles. The highest BCUT2D eigenvalue weighted by atomic mass is 32.2. The number of thioether (sulfide) groups is 1. The number of rotatable bonds is 2. The quantitative estimate of drug-likeness (QED) is 0.218. The first-order valence-corrected chi connectivity index (χ1v) is 15.6. The molecule has 1 nitrogen and oxygen atoms in total. The fraction of sp³-hybridized carbons (Fsp3) is 0.128. The molecule has 41 heavy (non-hydrogen) atoms. The van der Waals surface area contributed by atoms with Gasteiger partial charge in [0.1, 0.15) is 5.37 Å². The average molecular weight is 544 g/mol. The molecule has 9 rings (SSSR count). The van der Waals surface area contributed by atoms with Crippen LogP contribution >= 0.6 is 11.8 Å². The van der Waals surface area contributed by atoms with Crippen LogP contribution in [0.3, 0.4) is 0 Å². The summed E-state index contributed by atoms with van der Waals surface area (Å²) >= 11 is 1.97. The van der Waals surface area contributed by atoms with Crippen LogP contribution in [0.25, 0.3) is 44.5 Å². The molecule has 0 bridgehead atoms. The van der Waals surface area contributed by atoms with Gasteiger partial charge in [-0.25, -0.2) is 0 Å². The van der Waals surface area contributed by atoms with E-state index in [4.69, 9.17) is 0 Å². The van der Waals surface area contributed by atoms with E-state index in [0.717, 1.165) is 19.3 Å². The van der Waals surface area contributed by atoms with Crippen molar-refractivity contribution in [1.82, 2.24) is 0 Å². The Morgan fingerprint density at radius 1 is 0.707 bits per heavy atom. The molecular formula is C39H29NS. The second kappa shape index (κ2) is 9.12. The maximum Gasteiger partial charge on any atom is 0.103 e. The zero-order valence-electron chi connectivity index (χ0n) is 22.7. The Balaban J connectivity index is 1.20. The Morgan fingerprint density at radius 3 is 2.51 bits per heavy atom. The van der Waals surface area contributed by atoms with Gasteiger partial charge in [0.15, 0.2) is 0 Å². The summed E-state index contributed by atoms with van der Waals surface area (Å²) in [6.07, 6.45) is 12.9. The first-order chi connectivity index (χ1) is 20.3. The van der Waals surface area contributed by atoms with Crippen LogP contribution in [0.5, 0.6) is 0 Å². The zero-order valence-corrected chi connectivity index (χ0v) is 23.5. The fourth-order valence-corrected chi connectivity index (χ4v) is 8.68. The lowest BCUT2D eigenvalue weighted by Crippen LogP contribution is -2.11. The van der Waals surface area contributed by atoms with Gasteiger partial charge in [0.25, 0.3) is 0 Å². The molecule has 3 aliphatic rings. The fourth-order valence-electron chi connectivity index (χ4n) is 7.35. The van der Waals surface area contributed by atoms with E-state index in [1.807, 2.05) is 11.8 Å². The number of nitrogens with one attached hydrogen (secondary N) is 1. The minimum absolute atomic E-state index is 0.246. The molecule has 0 radical (unpaired) electrons. The summed E-state index contributed by atoms with van der Waals surface area (Å²) in [7, 11) is 0. The number of hydrogen-bond donors (Lipinski definition) is 1. The van der Waals surface area contributed by atoms with E-state index in [9.17, 15) is 0 Å². The van der Waals surface area contributed by atoms with Crippen LogP contribution in [0.2, 0.25) is 0 Å². The predicted molar refractivity (Wildman–Crippen MR) is 177 cm³/mol. The van der Waals surface area contributed by atoms with Gasteiger partial charge >= 0.3 is 0 Å². The molecule has 1 aliphatic heterocycles. The Labute approximate surface area is 244 Å². The second-order valence-electron chi connectivity index (χ2n) is 11.6. The van der Waals surface area contributed by atoms with Gasteiger partial charge in [-0.2, -0.15) is 0 Å². The molecule has 1 heterocycles. The standard InChI is InChI=1S/C39H29NS/c1-2-9-27(10-3-1)39-40-36-21-19-26-16-14-25-15-17-28(22-34(25)37(26)38(36)41-39)33-23-35-29-11-5-4-8-24(29)18-20-32(35)30-12-6-7-13-31(30)33/h1-6,8-12,14-21,23,28,39-40H,7,13,22H2. The van der Waals surface area contributed by atoms with Crippen LogP contribution in [-0.2, 0) is 12.8 Å². The van der Waals surface area contributed by atoms with E-state index < -0.39 is 0 Å². The smallest absolute Gasteiger partial charge is 0.103 e. The lowest BCUT2D eigenvalue weighted by molar-refractivity contribution is 0.808. The van der Waals surface area contributed by atoms with Crippen LogP contribution in [0.15, 0.2) is 114 Å². The van der Waals surface area contributed by atoms with Crippen molar-refractivity contribution in [3.8, 4) is 0 Å². The van der Waals surface area contributed by atoms with Crippen LogP contribution in [0.4, 0.5) is 5.69 Å². The first kappa shape index (κ1) is 23.4. The normalized spacial score (nSPS) is 18.8. The molecule has 0 amide bonds. The third-order valence-corrected chi connectivity index (χ3v) is 10.6. The molecule has 0 saturated carbocycles. The molecular weight excluding hydrogens is 515 g/mol. The lowest BCUT2D eigenvalue weighted by Gasteiger charge is -2.27. The Hall–Kier alpha value is -4.27. The van der Waals surface area contributed by atoms with Gasteiger partial charge in [-0.15, -0.1) is 0 Å². The molecule has 196 valence electrons. The highest BCUT2D eigenvalue weighted by Gasteiger charge is 2.29. The van der Waals surface area contributed by atoms with Gasteiger partial charge in [-0.05, 0) is 91.7 Å². The molecule has 0 spiro atoms. The maximum absolute atomic E-state index is 3.81. The van der Waals surface area contributed by atoms with Gasteiger partial charge < -0.3 is 5.32 Å². The van der Waals surface area contributed by atoms with Crippen molar-refractivity contribution in [2.75, 3.05) is 5.32 Å². The highest BCUT2D eigenvalue weighted by Crippen LogP contribution is 2.52. The van der Waals surface area contributed by atoms with Crippen molar-refractivity contribution < 1.29 is 0 Å². The van der Waals surface area contributed by atoms with Crippen LogP contribution in [0.1, 0.15) is 51.1 Å². The minimum Gasteiger partial charge on any atom is -0.368 e. The van der Waals surface area contributed by atoms with Gasteiger partial charge in [0.2, 0.25) is 0 Å². The van der Waals surface area contributed by atoms with E-state index in [-0.39, 0.29) is 5.37 Å². The zero-order chi connectivity index (χ0) is 26.9.